The van der Waals surface area contributed by atoms with Crippen LogP contribution >= 0.6 is 34.7 Å². The lowest BCUT2D eigenvalue weighted by Gasteiger charge is -2.04. The molecular formula is C10H9ClN2OS2. The zero-order valence-electron chi connectivity index (χ0n) is 8.73. The predicted octanol–water partition coefficient (Wildman–Crippen LogP) is 2.93. The summed E-state index contributed by atoms with van der Waals surface area (Å²) in [5.41, 5.74) is 0. The van der Waals surface area contributed by atoms with E-state index in [1.807, 2.05) is 18.2 Å². The van der Waals surface area contributed by atoms with Crippen LogP contribution in [0.25, 0.3) is 6.08 Å². The van der Waals surface area contributed by atoms with Gasteiger partial charge in [0.1, 0.15) is 0 Å². The number of carbonyl (C=O) groups is 1. The van der Waals surface area contributed by atoms with Gasteiger partial charge in [-0.25, -0.2) is 0 Å². The fourth-order valence-electron chi connectivity index (χ4n) is 1.28. The molecule has 0 atom stereocenters. The van der Waals surface area contributed by atoms with E-state index in [1.165, 1.54) is 23.1 Å². The van der Waals surface area contributed by atoms with Gasteiger partial charge in [0, 0.05) is 19.0 Å². The van der Waals surface area contributed by atoms with Crippen molar-refractivity contribution in [1.29, 1.82) is 0 Å². The molecule has 0 bridgehead atoms. The average molecular weight is 273 g/mol. The van der Waals surface area contributed by atoms with Gasteiger partial charge in [-0.2, -0.15) is 0 Å². The van der Waals surface area contributed by atoms with Gasteiger partial charge in [-0.05, 0) is 30.0 Å². The van der Waals surface area contributed by atoms with E-state index >= 15 is 0 Å². The Morgan fingerprint density at radius 3 is 2.75 bits per heavy atom. The lowest BCUT2D eigenvalue weighted by atomic mass is 10.4. The summed E-state index contributed by atoms with van der Waals surface area (Å²) in [6.45, 7) is 0. The molecule has 1 aromatic heterocycles. The number of rotatable bonds is 1. The Balaban J connectivity index is 2.30. The minimum Gasteiger partial charge on any atom is -0.290 e. The normalized spacial score (nSPS) is 21.4. The van der Waals surface area contributed by atoms with E-state index in [2.05, 4.69) is 4.99 Å². The Bertz CT molecular complexity index is 493. The third-order valence-corrected chi connectivity index (χ3v) is 4.39. The van der Waals surface area contributed by atoms with E-state index in [1.54, 1.807) is 19.0 Å². The zero-order valence-corrected chi connectivity index (χ0v) is 11.1. The Kier molecular flexibility index (Phi) is 3.37. The molecule has 0 saturated carbocycles. The number of hydrogen-bond acceptors (Lipinski definition) is 4. The molecule has 1 saturated heterocycles. The lowest BCUT2D eigenvalue weighted by molar-refractivity contribution is -0.121. The fraction of sp³-hybridized carbons (Fsp3) is 0.200. The molecule has 0 unspecified atom stereocenters. The summed E-state index contributed by atoms with van der Waals surface area (Å²) >= 11 is 8.66. The Labute approximate surface area is 107 Å². The van der Waals surface area contributed by atoms with Crippen molar-refractivity contribution in [2.24, 2.45) is 4.99 Å². The number of nitrogens with zero attached hydrogens (tertiary/aromatic N) is 2. The molecule has 0 radical (unpaired) electrons. The number of amidine groups is 1. The highest BCUT2D eigenvalue weighted by molar-refractivity contribution is 8.18. The molecule has 84 valence electrons. The van der Waals surface area contributed by atoms with Gasteiger partial charge in [-0.1, -0.05) is 11.6 Å². The van der Waals surface area contributed by atoms with Gasteiger partial charge in [-0.3, -0.25) is 14.7 Å². The summed E-state index contributed by atoms with van der Waals surface area (Å²) in [4.78, 5) is 19.1. The molecule has 0 aliphatic carbocycles. The van der Waals surface area contributed by atoms with Crippen molar-refractivity contribution >= 4 is 51.9 Å². The second kappa shape index (κ2) is 4.61. The SMILES string of the molecule is CN=C1S/C(=C/c2ccc(Cl)s2)C(=O)N1C. The van der Waals surface area contributed by atoms with Crippen LogP contribution in [0.3, 0.4) is 0 Å². The van der Waals surface area contributed by atoms with Crippen LogP contribution < -0.4 is 0 Å². The summed E-state index contributed by atoms with van der Waals surface area (Å²) in [6, 6.07) is 3.72. The average Bonchev–Trinajstić information content (AvgIpc) is 2.78. The van der Waals surface area contributed by atoms with E-state index in [0.29, 0.717) is 4.91 Å². The molecule has 0 aromatic carbocycles. The number of thiophene rings is 1. The second-order valence-corrected chi connectivity index (χ2v) is 5.88. The van der Waals surface area contributed by atoms with E-state index in [9.17, 15) is 4.79 Å². The summed E-state index contributed by atoms with van der Waals surface area (Å²) in [5, 5.41) is 0.721. The van der Waals surface area contributed by atoms with E-state index in [-0.39, 0.29) is 5.91 Å². The van der Waals surface area contributed by atoms with Crippen molar-refractivity contribution in [3.63, 3.8) is 0 Å². The van der Waals surface area contributed by atoms with Crippen LogP contribution in [0, 0.1) is 0 Å². The third kappa shape index (κ3) is 2.16. The quantitative estimate of drug-likeness (QED) is 0.737. The van der Waals surface area contributed by atoms with Crippen molar-refractivity contribution in [2.45, 2.75) is 0 Å². The summed E-state index contributed by atoms with van der Waals surface area (Å²) < 4.78 is 0.722. The topological polar surface area (TPSA) is 32.7 Å². The van der Waals surface area contributed by atoms with Crippen molar-refractivity contribution in [3.8, 4) is 0 Å². The smallest absolute Gasteiger partial charge is 0.266 e. The Morgan fingerprint density at radius 1 is 1.50 bits per heavy atom. The molecule has 2 rings (SSSR count). The van der Waals surface area contributed by atoms with Crippen LogP contribution in [-0.4, -0.2) is 30.1 Å². The van der Waals surface area contributed by atoms with Gasteiger partial charge in [0.25, 0.3) is 5.91 Å². The van der Waals surface area contributed by atoms with Gasteiger partial charge in [-0.15, -0.1) is 11.3 Å². The first-order valence-electron chi connectivity index (χ1n) is 4.51. The van der Waals surface area contributed by atoms with Crippen LogP contribution in [0.5, 0.6) is 0 Å². The largest absolute Gasteiger partial charge is 0.290 e. The number of likely N-dealkylation sites (N-methyl/N-ethyl adjacent to an activating group) is 1. The molecule has 16 heavy (non-hydrogen) atoms. The van der Waals surface area contributed by atoms with E-state index < -0.39 is 0 Å². The predicted molar refractivity (Wildman–Crippen MR) is 71.0 cm³/mol. The first-order valence-corrected chi connectivity index (χ1v) is 6.52. The molecule has 0 N–H and O–H groups in total. The molecule has 6 heteroatoms. The molecule has 1 aliphatic rings. The molecule has 1 aromatic rings. The highest BCUT2D eigenvalue weighted by Crippen LogP contribution is 2.33. The molecular weight excluding hydrogens is 264 g/mol. The molecule has 0 spiro atoms. The Morgan fingerprint density at radius 2 is 2.25 bits per heavy atom. The first kappa shape index (κ1) is 11.7. The number of halogens is 1. The maximum absolute atomic E-state index is 11.8. The van der Waals surface area contributed by atoms with Gasteiger partial charge in [0.15, 0.2) is 5.17 Å². The minimum atomic E-state index is -0.0184. The van der Waals surface area contributed by atoms with Crippen molar-refractivity contribution in [3.05, 3.63) is 26.3 Å². The summed E-state index contributed by atoms with van der Waals surface area (Å²) in [7, 11) is 3.40. The van der Waals surface area contributed by atoms with Crippen molar-refractivity contribution in [1.82, 2.24) is 4.90 Å². The Hall–Kier alpha value is -0.780. The van der Waals surface area contributed by atoms with E-state index in [4.69, 9.17) is 11.6 Å². The molecule has 1 fully saturated rings. The summed E-state index contributed by atoms with van der Waals surface area (Å²) in [6.07, 6.45) is 1.85. The molecule has 1 amide bonds. The van der Waals surface area contributed by atoms with Gasteiger partial charge in [0.2, 0.25) is 0 Å². The van der Waals surface area contributed by atoms with Gasteiger partial charge < -0.3 is 0 Å². The van der Waals surface area contributed by atoms with Crippen LogP contribution in [0.15, 0.2) is 22.0 Å². The highest BCUT2D eigenvalue weighted by Gasteiger charge is 2.29. The number of aliphatic imine (C=N–C) groups is 1. The first-order chi connectivity index (χ1) is 7.61. The van der Waals surface area contributed by atoms with E-state index in [0.717, 1.165) is 14.4 Å². The van der Waals surface area contributed by atoms with Crippen molar-refractivity contribution in [2.75, 3.05) is 14.1 Å². The minimum absolute atomic E-state index is 0.0184. The van der Waals surface area contributed by atoms with Gasteiger partial charge in [0.05, 0.1) is 9.24 Å². The molecule has 2 heterocycles. The van der Waals surface area contributed by atoms with Crippen LogP contribution in [0.1, 0.15) is 4.88 Å². The maximum Gasteiger partial charge on any atom is 0.266 e. The lowest BCUT2D eigenvalue weighted by Crippen LogP contribution is -2.23. The molecule has 1 aliphatic heterocycles. The van der Waals surface area contributed by atoms with Gasteiger partial charge >= 0.3 is 0 Å². The van der Waals surface area contributed by atoms with Crippen LogP contribution in [-0.2, 0) is 4.79 Å². The van der Waals surface area contributed by atoms with Crippen LogP contribution in [0.4, 0.5) is 0 Å². The van der Waals surface area contributed by atoms with Crippen LogP contribution in [0.2, 0.25) is 4.34 Å². The zero-order chi connectivity index (χ0) is 11.7. The fourth-order valence-corrected chi connectivity index (χ4v) is 3.28. The molecule has 3 nitrogen and oxygen atoms in total. The standard InChI is InChI=1S/C10H9ClN2OS2/c1-12-10-13(2)9(14)7(16-10)5-6-3-4-8(11)15-6/h3-5H,1-2H3/b7-5+,12-10?. The summed E-state index contributed by atoms with van der Waals surface area (Å²) in [5.74, 6) is -0.0184. The third-order valence-electron chi connectivity index (χ3n) is 2.06. The number of carbonyl (C=O) groups excluding carboxylic acids is 1. The van der Waals surface area contributed by atoms with Crippen molar-refractivity contribution < 1.29 is 4.79 Å². The number of amides is 1. The highest BCUT2D eigenvalue weighted by atomic mass is 35.5. The monoisotopic (exact) mass is 272 g/mol. The number of hydrogen-bond donors (Lipinski definition) is 0. The second-order valence-electron chi connectivity index (χ2n) is 3.12. The number of thioether (sulfide) groups is 1. The maximum atomic E-state index is 11.8.